The number of carbonyl (C=O) groups is 1. The molecule has 1 heterocycles. The highest BCUT2D eigenvalue weighted by atomic mass is 16.7. The molecule has 0 aromatic carbocycles. The lowest BCUT2D eigenvalue weighted by Crippen LogP contribution is -2.23. The van der Waals surface area contributed by atoms with Gasteiger partial charge in [-0.2, -0.15) is 0 Å². The molecule has 0 aromatic heterocycles. The Morgan fingerprint density at radius 2 is 2.60 bits per heavy atom. The normalized spacial score (nSPS) is 24.7. The molecule has 58 valence electrons. The zero-order valence-corrected chi connectivity index (χ0v) is 5.71. The molecule has 4 heteroatoms. The van der Waals surface area contributed by atoms with E-state index in [1.165, 1.54) is 0 Å². The molecular formula is C6H11NO3. The second kappa shape index (κ2) is 3.53. The second-order valence-corrected chi connectivity index (χ2v) is 2.14. The lowest BCUT2D eigenvalue weighted by atomic mass is 10.4. The molecule has 0 aliphatic carbocycles. The minimum atomic E-state index is -0.396. The van der Waals surface area contributed by atoms with Crippen molar-refractivity contribution in [1.82, 2.24) is 0 Å². The molecule has 4 nitrogen and oxygen atoms in total. The largest absolute Gasteiger partial charge is 0.435 e. The van der Waals surface area contributed by atoms with Crippen LogP contribution in [0.25, 0.3) is 0 Å². The standard InChI is InChI=1S/C6H11NO3/c7-4-5(8)10-6-2-1-3-9-6/h6H,1-4,7H2. The van der Waals surface area contributed by atoms with Crippen LogP contribution in [0.1, 0.15) is 12.8 Å². The molecular weight excluding hydrogens is 134 g/mol. The minimum Gasteiger partial charge on any atom is -0.435 e. The Bertz CT molecular complexity index is 120. The SMILES string of the molecule is NCC(=O)OC1CCCO1. The van der Waals surface area contributed by atoms with Crippen LogP contribution in [0.4, 0.5) is 0 Å². The average Bonchev–Trinajstić information content (AvgIpc) is 2.40. The van der Waals surface area contributed by atoms with Gasteiger partial charge < -0.3 is 15.2 Å². The molecule has 0 aromatic rings. The van der Waals surface area contributed by atoms with Crippen molar-refractivity contribution in [2.24, 2.45) is 5.73 Å². The minimum absolute atomic E-state index is 0.0696. The van der Waals surface area contributed by atoms with E-state index in [9.17, 15) is 4.79 Å². The summed E-state index contributed by atoms with van der Waals surface area (Å²) in [5, 5.41) is 0. The molecule has 1 rings (SSSR count). The van der Waals surface area contributed by atoms with Crippen LogP contribution in [0.5, 0.6) is 0 Å². The van der Waals surface area contributed by atoms with Crippen LogP contribution >= 0.6 is 0 Å². The summed E-state index contributed by atoms with van der Waals surface area (Å²) >= 11 is 0. The summed E-state index contributed by atoms with van der Waals surface area (Å²) in [6.45, 7) is 0.613. The molecule has 1 atom stereocenters. The van der Waals surface area contributed by atoms with Crippen LogP contribution in [0.15, 0.2) is 0 Å². The van der Waals surface area contributed by atoms with Gasteiger partial charge in [-0.15, -0.1) is 0 Å². The Kier molecular flexibility index (Phi) is 2.65. The molecule has 0 amide bonds. The fourth-order valence-corrected chi connectivity index (χ4v) is 0.836. The van der Waals surface area contributed by atoms with Gasteiger partial charge in [-0.25, -0.2) is 0 Å². The summed E-state index contributed by atoms with van der Waals surface area (Å²) in [7, 11) is 0. The van der Waals surface area contributed by atoms with E-state index in [0.717, 1.165) is 12.8 Å². The monoisotopic (exact) mass is 145 g/mol. The third kappa shape index (κ3) is 1.97. The molecule has 1 saturated heterocycles. The van der Waals surface area contributed by atoms with Gasteiger partial charge in [-0.05, 0) is 6.42 Å². The average molecular weight is 145 g/mol. The topological polar surface area (TPSA) is 61.6 Å². The van der Waals surface area contributed by atoms with Gasteiger partial charge >= 0.3 is 5.97 Å². The van der Waals surface area contributed by atoms with Crippen molar-refractivity contribution < 1.29 is 14.3 Å². The van der Waals surface area contributed by atoms with Crippen molar-refractivity contribution in [2.45, 2.75) is 19.1 Å². The first kappa shape index (κ1) is 7.50. The Balaban J connectivity index is 2.17. The lowest BCUT2D eigenvalue weighted by Gasteiger charge is -2.08. The van der Waals surface area contributed by atoms with Gasteiger partial charge in [0.1, 0.15) is 0 Å². The van der Waals surface area contributed by atoms with Crippen LogP contribution in [-0.2, 0) is 14.3 Å². The summed E-state index contributed by atoms with van der Waals surface area (Å²) in [6.07, 6.45) is 1.42. The van der Waals surface area contributed by atoms with Gasteiger partial charge in [0.05, 0.1) is 13.2 Å². The van der Waals surface area contributed by atoms with Crippen LogP contribution in [-0.4, -0.2) is 25.4 Å². The number of hydrogen-bond donors (Lipinski definition) is 1. The molecule has 1 aliphatic heterocycles. The molecule has 10 heavy (non-hydrogen) atoms. The zero-order valence-electron chi connectivity index (χ0n) is 5.71. The van der Waals surface area contributed by atoms with Gasteiger partial charge in [0.2, 0.25) is 6.29 Å². The van der Waals surface area contributed by atoms with Gasteiger partial charge in [-0.1, -0.05) is 0 Å². The van der Waals surface area contributed by atoms with E-state index in [1.54, 1.807) is 0 Å². The van der Waals surface area contributed by atoms with Crippen LogP contribution in [0.3, 0.4) is 0 Å². The van der Waals surface area contributed by atoms with Crippen LogP contribution < -0.4 is 5.73 Å². The van der Waals surface area contributed by atoms with E-state index in [4.69, 9.17) is 15.2 Å². The summed E-state index contributed by atoms with van der Waals surface area (Å²) in [6, 6.07) is 0. The fraction of sp³-hybridized carbons (Fsp3) is 0.833. The van der Waals surface area contributed by atoms with E-state index in [2.05, 4.69) is 0 Å². The zero-order chi connectivity index (χ0) is 7.40. The van der Waals surface area contributed by atoms with Crippen molar-refractivity contribution in [3.63, 3.8) is 0 Å². The van der Waals surface area contributed by atoms with Crippen LogP contribution in [0, 0.1) is 0 Å². The van der Waals surface area contributed by atoms with E-state index in [1.807, 2.05) is 0 Å². The van der Waals surface area contributed by atoms with Crippen molar-refractivity contribution in [1.29, 1.82) is 0 Å². The Morgan fingerprint density at radius 1 is 1.80 bits per heavy atom. The van der Waals surface area contributed by atoms with Crippen molar-refractivity contribution in [3.05, 3.63) is 0 Å². The van der Waals surface area contributed by atoms with E-state index < -0.39 is 5.97 Å². The first-order chi connectivity index (χ1) is 4.83. The lowest BCUT2D eigenvalue weighted by molar-refractivity contribution is -0.167. The predicted molar refractivity (Wildman–Crippen MR) is 34.1 cm³/mol. The highest BCUT2D eigenvalue weighted by molar-refractivity contribution is 5.71. The van der Waals surface area contributed by atoms with Gasteiger partial charge in [-0.3, -0.25) is 4.79 Å². The van der Waals surface area contributed by atoms with Crippen molar-refractivity contribution in [2.75, 3.05) is 13.2 Å². The molecule has 0 saturated carbocycles. The number of esters is 1. The summed E-state index contributed by atoms with van der Waals surface area (Å²) in [5.41, 5.74) is 5.02. The number of carbonyl (C=O) groups excluding carboxylic acids is 1. The van der Waals surface area contributed by atoms with E-state index in [0.29, 0.717) is 6.61 Å². The molecule has 2 N–H and O–H groups in total. The predicted octanol–water partition coefficient (Wildman–Crippen LogP) is -0.375. The first-order valence-electron chi connectivity index (χ1n) is 3.34. The van der Waals surface area contributed by atoms with E-state index >= 15 is 0 Å². The van der Waals surface area contributed by atoms with Gasteiger partial charge in [0.15, 0.2) is 0 Å². The summed E-state index contributed by atoms with van der Waals surface area (Å²) < 4.78 is 9.80. The molecule has 0 bridgehead atoms. The number of nitrogens with two attached hydrogens (primary N) is 1. The number of ether oxygens (including phenoxy) is 2. The second-order valence-electron chi connectivity index (χ2n) is 2.14. The van der Waals surface area contributed by atoms with Crippen LogP contribution in [0.2, 0.25) is 0 Å². The Hall–Kier alpha value is -0.610. The number of rotatable bonds is 2. The Labute approximate surface area is 59.3 Å². The highest BCUT2D eigenvalue weighted by Crippen LogP contribution is 2.12. The fourth-order valence-electron chi connectivity index (χ4n) is 0.836. The molecule has 0 spiro atoms. The highest BCUT2D eigenvalue weighted by Gasteiger charge is 2.18. The first-order valence-corrected chi connectivity index (χ1v) is 3.34. The molecule has 1 fully saturated rings. The number of hydrogen-bond acceptors (Lipinski definition) is 4. The molecule has 1 aliphatic rings. The maximum absolute atomic E-state index is 10.5. The van der Waals surface area contributed by atoms with Crippen molar-refractivity contribution >= 4 is 5.97 Å². The third-order valence-electron chi connectivity index (χ3n) is 1.32. The Morgan fingerprint density at radius 3 is 3.10 bits per heavy atom. The van der Waals surface area contributed by atoms with Gasteiger partial charge in [0.25, 0.3) is 0 Å². The van der Waals surface area contributed by atoms with Gasteiger partial charge in [0, 0.05) is 6.42 Å². The maximum Gasteiger partial charge on any atom is 0.322 e. The molecule has 1 unspecified atom stereocenters. The maximum atomic E-state index is 10.5. The van der Waals surface area contributed by atoms with E-state index in [-0.39, 0.29) is 12.8 Å². The summed E-state index contributed by atoms with van der Waals surface area (Å²) in [5.74, 6) is -0.396. The smallest absolute Gasteiger partial charge is 0.322 e. The molecule has 0 radical (unpaired) electrons. The van der Waals surface area contributed by atoms with Crippen molar-refractivity contribution in [3.8, 4) is 0 Å². The third-order valence-corrected chi connectivity index (χ3v) is 1.32. The quantitative estimate of drug-likeness (QED) is 0.538. The summed E-state index contributed by atoms with van der Waals surface area (Å²) in [4.78, 5) is 10.5.